The Hall–Kier alpha value is -0.820. The van der Waals surface area contributed by atoms with E-state index in [9.17, 15) is 5.11 Å². The Morgan fingerprint density at radius 1 is 1.12 bits per heavy atom. The molecular weight excluding hydrogens is 196 g/mol. The van der Waals surface area contributed by atoms with Crippen molar-refractivity contribution in [1.82, 2.24) is 0 Å². The molecule has 0 spiro atoms. The van der Waals surface area contributed by atoms with Crippen LogP contribution >= 0.6 is 0 Å². The van der Waals surface area contributed by atoms with Gasteiger partial charge in [0.15, 0.2) is 0 Å². The van der Waals surface area contributed by atoms with Gasteiger partial charge in [-0.25, -0.2) is 0 Å². The normalized spacial score (nSPS) is 15.1. The highest BCUT2D eigenvalue weighted by atomic mass is 16.3. The van der Waals surface area contributed by atoms with E-state index in [4.69, 9.17) is 0 Å². The topological polar surface area (TPSA) is 20.2 Å². The molecule has 1 aromatic carbocycles. The van der Waals surface area contributed by atoms with Gasteiger partial charge in [0.1, 0.15) is 0 Å². The molecule has 0 heterocycles. The quantitative estimate of drug-likeness (QED) is 0.775. The van der Waals surface area contributed by atoms with Crippen LogP contribution in [0.1, 0.15) is 39.2 Å². The lowest BCUT2D eigenvalue weighted by Gasteiger charge is -2.23. The zero-order valence-corrected chi connectivity index (χ0v) is 10.7. The lowest BCUT2D eigenvalue weighted by Crippen LogP contribution is -2.23. The number of hydrogen-bond donors (Lipinski definition) is 1. The van der Waals surface area contributed by atoms with Crippen molar-refractivity contribution in [2.24, 2.45) is 11.8 Å². The van der Waals surface area contributed by atoms with E-state index in [0.717, 1.165) is 19.3 Å². The first kappa shape index (κ1) is 13.2. The molecule has 0 saturated heterocycles. The first-order valence-electron chi connectivity index (χ1n) is 6.35. The molecule has 1 rings (SSSR count). The summed E-state index contributed by atoms with van der Waals surface area (Å²) in [7, 11) is 0. The molecule has 0 radical (unpaired) electrons. The van der Waals surface area contributed by atoms with E-state index in [2.05, 4.69) is 32.9 Å². The standard InChI is InChI=1S/C15H24O/c1-4-14(10-12(2)3)15(16)11-13-8-6-5-7-9-13/h5-9,12,14-16H,4,10-11H2,1-3H3. The van der Waals surface area contributed by atoms with E-state index in [0.29, 0.717) is 11.8 Å². The second-order valence-electron chi connectivity index (χ2n) is 5.05. The molecule has 90 valence electrons. The van der Waals surface area contributed by atoms with E-state index < -0.39 is 0 Å². The minimum atomic E-state index is -0.199. The first-order chi connectivity index (χ1) is 7.63. The van der Waals surface area contributed by atoms with Gasteiger partial charge < -0.3 is 5.11 Å². The molecule has 0 bridgehead atoms. The molecule has 1 nitrogen and oxygen atoms in total. The molecule has 0 saturated carbocycles. The minimum absolute atomic E-state index is 0.199. The Morgan fingerprint density at radius 3 is 2.25 bits per heavy atom. The van der Waals surface area contributed by atoms with Crippen LogP contribution in [0.15, 0.2) is 30.3 Å². The Morgan fingerprint density at radius 2 is 1.75 bits per heavy atom. The Kier molecular flexibility index (Phi) is 5.54. The highest BCUT2D eigenvalue weighted by Gasteiger charge is 2.18. The summed E-state index contributed by atoms with van der Waals surface area (Å²) in [5.74, 6) is 1.09. The predicted molar refractivity (Wildman–Crippen MR) is 69.4 cm³/mol. The van der Waals surface area contributed by atoms with E-state index in [1.165, 1.54) is 5.56 Å². The van der Waals surface area contributed by atoms with Crippen LogP contribution in [0.2, 0.25) is 0 Å². The number of hydrogen-bond acceptors (Lipinski definition) is 1. The Bertz CT molecular complexity index is 279. The molecule has 0 fully saturated rings. The van der Waals surface area contributed by atoms with E-state index in [-0.39, 0.29) is 6.10 Å². The molecule has 16 heavy (non-hydrogen) atoms. The third kappa shape index (κ3) is 4.36. The van der Waals surface area contributed by atoms with Crippen LogP contribution in [-0.2, 0) is 6.42 Å². The molecule has 0 amide bonds. The van der Waals surface area contributed by atoms with Crippen molar-refractivity contribution in [3.05, 3.63) is 35.9 Å². The zero-order chi connectivity index (χ0) is 12.0. The highest BCUT2D eigenvalue weighted by Crippen LogP contribution is 2.21. The monoisotopic (exact) mass is 220 g/mol. The maximum absolute atomic E-state index is 10.2. The van der Waals surface area contributed by atoms with Gasteiger partial charge in [0.25, 0.3) is 0 Å². The van der Waals surface area contributed by atoms with Crippen LogP contribution < -0.4 is 0 Å². The van der Waals surface area contributed by atoms with Crippen molar-refractivity contribution >= 4 is 0 Å². The fraction of sp³-hybridized carbons (Fsp3) is 0.600. The summed E-state index contributed by atoms with van der Waals surface area (Å²) in [6.07, 6.45) is 2.76. The third-order valence-electron chi connectivity index (χ3n) is 3.13. The van der Waals surface area contributed by atoms with Crippen molar-refractivity contribution in [3.63, 3.8) is 0 Å². The molecule has 1 aromatic rings. The smallest absolute Gasteiger partial charge is 0.0608 e. The fourth-order valence-electron chi connectivity index (χ4n) is 2.22. The molecule has 1 heteroatoms. The SMILES string of the molecule is CCC(CC(C)C)C(O)Cc1ccccc1. The molecule has 0 aliphatic carbocycles. The number of aliphatic hydroxyl groups excluding tert-OH is 1. The summed E-state index contributed by atoms with van der Waals surface area (Å²) in [6, 6.07) is 10.3. The van der Waals surface area contributed by atoms with Crippen LogP contribution in [-0.4, -0.2) is 11.2 Å². The van der Waals surface area contributed by atoms with Crippen molar-refractivity contribution in [2.45, 2.75) is 46.1 Å². The average Bonchev–Trinajstić information content (AvgIpc) is 2.26. The van der Waals surface area contributed by atoms with Gasteiger partial charge in [0.05, 0.1) is 6.10 Å². The maximum Gasteiger partial charge on any atom is 0.0608 e. The van der Waals surface area contributed by atoms with Crippen LogP contribution in [0.5, 0.6) is 0 Å². The second kappa shape index (κ2) is 6.70. The van der Waals surface area contributed by atoms with Gasteiger partial charge in [-0.3, -0.25) is 0 Å². The van der Waals surface area contributed by atoms with Crippen molar-refractivity contribution in [2.75, 3.05) is 0 Å². The molecule has 2 atom stereocenters. The molecule has 0 aromatic heterocycles. The summed E-state index contributed by atoms with van der Waals surface area (Å²) < 4.78 is 0. The predicted octanol–water partition coefficient (Wildman–Crippen LogP) is 3.66. The fourth-order valence-corrected chi connectivity index (χ4v) is 2.22. The molecular formula is C15H24O. The van der Waals surface area contributed by atoms with Crippen molar-refractivity contribution in [1.29, 1.82) is 0 Å². The number of aliphatic hydroxyl groups is 1. The lowest BCUT2D eigenvalue weighted by molar-refractivity contribution is 0.0926. The van der Waals surface area contributed by atoms with Crippen molar-refractivity contribution < 1.29 is 5.11 Å². The van der Waals surface area contributed by atoms with Gasteiger partial charge in [-0.1, -0.05) is 57.5 Å². The molecule has 0 aliphatic rings. The van der Waals surface area contributed by atoms with Gasteiger partial charge in [0, 0.05) is 0 Å². The summed E-state index contributed by atoms with van der Waals surface area (Å²) in [4.78, 5) is 0. The number of benzene rings is 1. The van der Waals surface area contributed by atoms with E-state index in [1.807, 2.05) is 18.2 Å². The van der Waals surface area contributed by atoms with Gasteiger partial charge in [-0.15, -0.1) is 0 Å². The minimum Gasteiger partial charge on any atom is -0.392 e. The van der Waals surface area contributed by atoms with Crippen LogP contribution in [0.25, 0.3) is 0 Å². The summed E-state index contributed by atoms with van der Waals surface area (Å²) in [6.45, 7) is 6.61. The number of rotatable bonds is 6. The summed E-state index contributed by atoms with van der Waals surface area (Å²) in [5, 5.41) is 10.2. The lowest BCUT2D eigenvalue weighted by atomic mass is 9.87. The third-order valence-corrected chi connectivity index (χ3v) is 3.13. The van der Waals surface area contributed by atoms with E-state index >= 15 is 0 Å². The molecule has 1 N–H and O–H groups in total. The van der Waals surface area contributed by atoms with Crippen molar-refractivity contribution in [3.8, 4) is 0 Å². The molecule has 0 aliphatic heterocycles. The summed E-state index contributed by atoms with van der Waals surface area (Å²) in [5.41, 5.74) is 1.23. The zero-order valence-electron chi connectivity index (χ0n) is 10.7. The summed E-state index contributed by atoms with van der Waals surface area (Å²) >= 11 is 0. The van der Waals surface area contributed by atoms with Crippen LogP contribution in [0, 0.1) is 11.8 Å². The Labute approximate surface area is 99.5 Å². The van der Waals surface area contributed by atoms with Gasteiger partial charge in [-0.2, -0.15) is 0 Å². The average molecular weight is 220 g/mol. The first-order valence-corrected chi connectivity index (χ1v) is 6.35. The van der Waals surface area contributed by atoms with Gasteiger partial charge in [0.2, 0.25) is 0 Å². The molecule has 2 unspecified atom stereocenters. The van der Waals surface area contributed by atoms with Gasteiger partial charge >= 0.3 is 0 Å². The van der Waals surface area contributed by atoms with Crippen LogP contribution in [0.4, 0.5) is 0 Å². The van der Waals surface area contributed by atoms with E-state index in [1.54, 1.807) is 0 Å². The highest BCUT2D eigenvalue weighted by molar-refractivity contribution is 5.15. The van der Waals surface area contributed by atoms with Gasteiger partial charge in [-0.05, 0) is 30.2 Å². The largest absolute Gasteiger partial charge is 0.392 e. The second-order valence-corrected chi connectivity index (χ2v) is 5.05. The maximum atomic E-state index is 10.2. The van der Waals surface area contributed by atoms with Crippen LogP contribution in [0.3, 0.4) is 0 Å². The Balaban J connectivity index is 2.52.